The molecule has 2 aromatic rings. The van der Waals surface area contributed by atoms with E-state index in [1.54, 1.807) is 22.8 Å². The van der Waals surface area contributed by atoms with Crippen LogP contribution < -0.4 is 0 Å². The van der Waals surface area contributed by atoms with Crippen molar-refractivity contribution in [2.75, 3.05) is 13.7 Å². The fraction of sp³-hybridized carbons (Fsp3) is 0.467. The summed E-state index contributed by atoms with van der Waals surface area (Å²) in [6, 6.07) is 5.02. The molecule has 0 spiro atoms. The van der Waals surface area contributed by atoms with Gasteiger partial charge in [0, 0.05) is 13.0 Å². The Morgan fingerprint density at radius 3 is 2.71 bits per heavy atom. The number of hydrogen-bond donors (Lipinski definition) is 2. The van der Waals surface area contributed by atoms with Crippen molar-refractivity contribution in [2.24, 2.45) is 0 Å². The Morgan fingerprint density at radius 1 is 1.43 bits per heavy atom. The predicted molar refractivity (Wildman–Crippen MR) is 78.7 cm³/mol. The number of para-hydroxylation sites is 1. The number of nitrogens with zero attached hydrogens (tertiary/aromatic N) is 2. The summed E-state index contributed by atoms with van der Waals surface area (Å²) >= 11 is 0. The number of fused-ring (bicyclic) bond motifs is 1. The summed E-state index contributed by atoms with van der Waals surface area (Å²) in [5.41, 5.74) is 1.36. The molecule has 2 rings (SSSR count). The first-order chi connectivity index (χ1) is 9.95. The minimum Gasteiger partial charge on any atom is -0.478 e. The largest absolute Gasteiger partial charge is 0.478 e. The highest BCUT2D eigenvalue weighted by Gasteiger charge is 2.20. The fourth-order valence-corrected chi connectivity index (χ4v) is 2.46. The van der Waals surface area contributed by atoms with Gasteiger partial charge in [-0.05, 0) is 12.1 Å². The Bertz CT molecular complexity index is 648. The summed E-state index contributed by atoms with van der Waals surface area (Å²) < 4.78 is 6.73. The Hall–Kier alpha value is -1.92. The monoisotopic (exact) mass is 292 g/mol. The minimum absolute atomic E-state index is 0.119. The highest BCUT2D eigenvalue weighted by Crippen LogP contribution is 2.25. The van der Waals surface area contributed by atoms with Gasteiger partial charge >= 0.3 is 5.97 Å². The molecule has 0 aliphatic carbocycles. The van der Waals surface area contributed by atoms with Crippen LogP contribution >= 0.6 is 0 Å². The second-order valence-corrected chi connectivity index (χ2v) is 5.32. The lowest BCUT2D eigenvalue weighted by Gasteiger charge is -2.16. The van der Waals surface area contributed by atoms with Gasteiger partial charge in [-0.15, -0.1) is 0 Å². The van der Waals surface area contributed by atoms with E-state index in [0.717, 1.165) is 5.82 Å². The van der Waals surface area contributed by atoms with Gasteiger partial charge in [0.1, 0.15) is 5.82 Å². The Kier molecular flexibility index (Phi) is 4.59. The summed E-state index contributed by atoms with van der Waals surface area (Å²) in [5, 5.41) is 19.4. The third kappa shape index (κ3) is 3.06. The van der Waals surface area contributed by atoms with E-state index in [-0.39, 0.29) is 24.6 Å². The molecular formula is C15H20N2O4. The van der Waals surface area contributed by atoms with Crippen LogP contribution in [0.4, 0.5) is 0 Å². The molecule has 6 heteroatoms. The number of aromatic carboxylic acids is 1. The summed E-state index contributed by atoms with van der Waals surface area (Å²) in [4.78, 5) is 15.9. The number of aromatic nitrogens is 2. The molecule has 1 unspecified atom stereocenters. The van der Waals surface area contributed by atoms with Crippen LogP contribution in [0.5, 0.6) is 0 Å². The van der Waals surface area contributed by atoms with Crippen molar-refractivity contribution in [3.63, 3.8) is 0 Å². The van der Waals surface area contributed by atoms with Crippen LogP contribution in [0.2, 0.25) is 0 Å². The number of rotatable bonds is 6. The molecule has 1 aromatic heterocycles. The van der Waals surface area contributed by atoms with Gasteiger partial charge in [-0.2, -0.15) is 0 Å². The van der Waals surface area contributed by atoms with Gasteiger partial charge in [0.25, 0.3) is 0 Å². The molecule has 0 saturated carbocycles. The van der Waals surface area contributed by atoms with Crippen LogP contribution in [0.1, 0.15) is 35.9 Å². The number of carboxylic acids is 1. The van der Waals surface area contributed by atoms with E-state index in [1.807, 2.05) is 13.8 Å². The molecule has 114 valence electrons. The molecule has 1 atom stereocenters. The van der Waals surface area contributed by atoms with Crippen LogP contribution in [0, 0.1) is 0 Å². The number of ether oxygens (including phenoxy) is 1. The summed E-state index contributed by atoms with van der Waals surface area (Å²) in [7, 11) is 1.52. The smallest absolute Gasteiger partial charge is 0.337 e. The van der Waals surface area contributed by atoms with Gasteiger partial charge in [-0.1, -0.05) is 19.9 Å². The molecule has 0 saturated heterocycles. The number of hydrogen-bond acceptors (Lipinski definition) is 4. The molecule has 0 aliphatic heterocycles. The molecule has 21 heavy (non-hydrogen) atoms. The van der Waals surface area contributed by atoms with E-state index >= 15 is 0 Å². The molecule has 0 fully saturated rings. The Morgan fingerprint density at radius 2 is 2.14 bits per heavy atom. The van der Waals surface area contributed by atoms with Crippen LogP contribution in [-0.4, -0.2) is 45.6 Å². The third-order valence-electron chi connectivity index (χ3n) is 3.30. The maximum Gasteiger partial charge on any atom is 0.337 e. The number of carboxylic acid groups (broad SMARTS) is 1. The lowest BCUT2D eigenvalue weighted by Crippen LogP contribution is -2.23. The predicted octanol–water partition coefficient (Wildman–Crippen LogP) is 1.87. The number of aliphatic hydroxyl groups is 1. The molecule has 0 aliphatic rings. The molecule has 0 bridgehead atoms. The van der Waals surface area contributed by atoms with Crippen LogP contribution in [0.25, 0.3) is 11.0 Å². The standard InChI is InChI=1S/C15H20N2O4/c1-9(2)14-16-12-6-4-5-11(15(19)20)13(12)17(14)7-10(18)8-21-3/h4-6,9-10,18H,7-8H2,1-3H3,(H,19,20). The minimum atomic E-state index is -1.00. The van der Waals surface area contributed by atoms with E-state index in [4.69, 9.17) is 4.74 Å². The molecule has 1 heterocycles. The van der Waals surface area contributed by atoms with Gasteiger partial charge in [-0.25, -0.2) is 9.78 Å². The lowest BCUT2D eigenvalue weighted by molar-refractivity contribution is 0.0536. The zero-order valence-electron chi connectivity index (χ0n) is 12.4. The average molecular weight is 292 g/mol. The highest BCUT2D eigenvalue weighted by molar-refractivity contribution is 6.01. The molecule has 6 nitrogen and oxygen atoms in total. The van der Waals surface area contributed by atoms with Crippen molar-refractivity contribution in [3.8, 4) is 0 Å². The lowest BCUT2D eigenvalue weighted by atomic mass is 10.1. The molecule has 0 amide bonds. The second kappa shape index (κ2) is 6.24. The number of methoxy groups -OCH3 is 1. The molecule has 1 aromatic carbocycles. The summed E-state index contributed by atoms with van der Waals surface area (Å²) in [6.07, 6.45) is -0.716. The number of benzene rings is 1. The zero-order valence-corrected chi connectivity index (χ0v) is 12.4. The first-order valence-corrected chi connectivity index (χ1v) is 6.85. The first kappa shape index (κ1) is 15.5. The normalized spacial score (nSPS) is 13.0. The fourth-order valence-electron chi connectivity index (χ4n) is 2.46. The van der Waals surface area contributed by atoms with Gasteiger partial charge in [0.15, 0.2) is 0 Å². The molecule has 0 radical (unpaired) electrons. The highest BCUT2D eigenvalue weighted by atomic mass is 16.5. The van der Waals surface area contributed by atoms with E-state index in [0.29, 0.717) is 11.0 Å². The maximum atomic E-state index is 11.4. The van der Waals surface area contributed by atoms with Crippen molar-refractivity contribution >= 4 is 17.0 Å². The summed E-state index contributed by atoms with van der Waals surface area (Å²) in [6.45, 7) is 4.41. The number of carbonyl (C=O) groups is 1. The van der Waals surface area contributed by atoms with E-state index < -0.39 is 12.1 Å². The topological polar surface area (TPSA) is 84.6 Å². The Labute approximate surface area is 123 Å². The van der Waals surface area contributed by atoms with Gasteiger partial charge in [0.2, 0.25) is 0 Å². The molecule has 2 N–H and O–H groups in total. The van der Waals surface area contributed by atoms with Gasteiger partial charge in [0.05, 0.1) is 35.9 Å². The van der Waals surface area contributed by atoms with Gasteiger partial charge < -0.3 is 19.5 Å². The van der Waals surface area contributed by atoms with Crippen LogP contribution in [-0.2, 0) is 11.3 Å². The maximum absolute atomic E-state index is 11.4. The van der Waals surface area contributed by atoms with E-state index in [9.17, 15) is 15.0 Å². The Balaban J connectivity index is 2.62. The second-order valence-electron chi connectivity index (χ2n) is 5.32. The van der Waals surface area contributed by atoms with Crippen LogP contribution in [0.15, 0.2) is 18.2 Å². The SMILES string of the molecule is COCC(O)Cn1c(C(C)C)nc2cccc(C(=O)O)c21. The van der Waals surface area contributed by atoms with Gasteiger partial charge in [-0.3, -0.25) is 0 Å². The zero-order chi connectivity index (χ0) is 15.6. The van der Waals surface area contributed by atoms with Crippen molar-refractivity contribution in [1.82, 2.24) is 9.55 Å². The van der Waals surface area contributed by atoms with E-state index in [2.05, 4.69) is 4.98 Å². The van der Waals surface area contributed by atoms with Crippen molar-refractivity contribution in [2.45, 2.75) is 32.4 Å². The number of aliphatic hydroxyl groups excluding tert-OH is 1. The molecular weight excluding hydrogens is 272 g/mol. The third-order valence-corrected chi connectivity index (χ3v) is 3.30. The van der Waals surface area contributed by atoms with Crippen molar-refractivity contribution < 1.29 is 19.7 Å². The van der Waals surface area contributed by atoms with Crippen molar-refractivity contribution in [3.05, 3.63) is 29.6 Å². The number of imidazole rings is 1. The van der Waals surface area contributed by atoms with E-state index in [1.165, 1.54) is 7.11 Å². The first-order valence-electron chi connectivity index (χ1n) is 6.85. The summed E-state index contributed by atoms with van der Waals surface area (Å²) in [5.74, 6) is -0.124. The van der Waals surface area contributed by atoms with Crippen molar-refractivity contribution in [1.29, 1.82) is 0 Å². The average Bonchev–Trinajstić information content (AvgIpc) is 2.78. The quantitative estimate of drug-likeness (QED) is 0.849. The van der Waals surface area contributed by atoms with Crippen LogP contribution in [0.3, 0.4) is 0 Å².